The second-order valence-corrected chi connectivity index (χ2v) is 7.75. The lowest BCUT2D eigenvalue weighted by atomic mass is 9.67. The van der Waals surface area contributed by atoms with Crippen LogP contribution in [0.1, 0.15) is 91.9 Å². The highest BCUT2D eigenvalue weighted by molar-refractivity contribution is 5.85. The zero-order chi connectivity index (χ0) is 18.7. The molecule has 0 aromatic rings. The number of carbonyl (C=O) groups excluding carboxylic acids is 2. The molecule has 3 atom stereocenters. The Hall–Kier alpha value is -1.06. The average Bonchev–Trinajstić information content (AvgIpc) is 2.62. The minimum Gasteiger partial charge on any atom is -0.465 e. The van der Waals surface area contributed by atoms with Gasteiger partial charge in [-0.2, -0.15) is 0 Å². The standard InChI is InChI=1S/C21H38O4/c1-5-8-12-17(7-3)16-25-19(22)18-13-10-11-14-21(18,4)20(23)24-15-9-6-2/h17-18H,5-16H2,1-4H3. The van der Waals surface area contributed by atoms with Crippen molar-refractivity contribution in [3.63, 3.8) is 0 Å². The topological polar surface area (TPSA) is 52.6 Å². The summed E-state index contributed by atoms with van der Waals surface area (Å²) in [4.78, 5) is 25.3. The van der Waals surface area contributed by atoms with Crippen molar-refractivity contribution in [3.8, 4) is 0 Å². The average molecular weight is 355 g/mol. The molecular weight excluding hydrogens is 316 g/mol. The van der Waals surface area contributed by atoms with Crippen molar-refractivity contribution in [2.45, 2.75) is 91.9 Å². The van der Waals surface area contributed by atoms with Gasteiger partial charge in [0.15, 0.2) is 0 Å². The Morgan fingerprint density at radius 2 is 1.80 bits per heavy atom. The molecule has 4 nitrogen and oxygen atoms in total. The summed E-state index contributed by atoms with van der Waals surface area (Å²) in [5.74, 6) is -0.362. The zero-order valence-corrected chi connectivity index (χ0v) is 16.8. The van der Waals surface area contributed by atoms with E-state index >= 15 is 0 Å². The minimum atomic E-state index is -0.728. The molecule has 146 valence electrons. The third kappa shape index (κ3) is 6.63. The van der Waals surface area contributed by atoms with Gasteiger partial charge >= 0.3 is 11.9 Å². The van der Waals surface area contributed by atoms with E-state index in [0.29, 0.717) is 25.6 Å². The van der Waals surface area contributed by atoms with E-state index in [2.05, 4.69) is 20.8 Å². The van der Waals surface area contributed by atoms with E-state index in [4.69, 9.17) is 9.47 Å². The molecule has 0 amide bonds. The van der Waals surface area contributed by atoms with Crippen LogP contribution in [-0.2, 0) is 19.1 Å². The maximum Gasteiger partial charge on any atom is 0.312 e. The first-order chi connectivity index (χ1) is 12.0. The van der Waals surface area contributed by atoms with Gasteiger partial charge in [-0.05, 0) is 38.5 Å². The Kier molecular flexibility index (Phi) is 10.1. The van der Waals surface area contributed by atoms with E-state index in [-0.39, 0.29) is 17.9 Å². The van der Waals surface area contributed by atoms with Gasteiger partial charge < -0.3 is 9.47 Å². The van der Waals surface area contributed by atoms with Gasteiger partial charge in [-0.15, -0.1) is 0 Å². The van der Waals surface area contributed by atoms with E-state index in [1.807, 2.05) is 6.92 Å². The predicted octanol–water partition coefficient (Wildman–Crippen LogP) is 5.29. The zero-order valence-electron chi connectivity index (χ0n) is 16.8. The molecule has 0 bridgehead atoms. The van der Waals surface area contributed by atoms with Crippen LogP contribution in [0, 0.1) is 17.3 Å². The Balaban J connectivity index is 2.64. The lowest BCUT2D eigenvalue weighted by Crippen LogP contribution is -2.44. The fourth-order valence-corrected chi connectivity index (χ4v) is 3.63. The molecular formula is C21H38O4. The molecule has 0 aliphatic heterocycles. The maximum absolute atomic E-state index is 12.7. The highest BCUT2D eigenvalue weighted by Crippen LogP contribution is 2.43. The van der Waals surface area contributed by atoms with Gasteiger partial charge in [-0.3, -0.25) is 9.59 Å². The van der Waals surface area contributed by atoms with Gasteiger partial charge in [-0.1, -0.05) is 59.3 Å². The first-order valence-electron chi connectivity index (χ1n) is 10.3. The summed E-state index contributed by atoms with van der Waals surface area (Å²) in [5.41, 5.74) is -0.728. The monoisotopic (exact) mass is 354 g/mol. The van der Waals surface area contributed by atoms with Crippen LogP contribution in [0.2, 0.25) is 0 Å². The lowest BCUT2D eigenvalue weighted by molar-refractivity contribution is -0.172. The normalized spacial score (nSPS) is 24.6. The van der Waals surface area contributed by atoms with Crippen LogP contribution in [0.4, 0.5) is 0 Å². The lowest BCUT2D eigenvalue weighted by Gasteiger charge is -2.37. The largest absolute Gasteiger partial charge is 0.465 e. The van der Waals surface area contributed by atoms with Crippen LogP contribution in [0.5, 0.6) is 0 Å². The molecule has 0 radical (unpaired) electrons. The number of unbranched alkanes of at least 4 members (excludes halogenated alkanes) is 2. The van der Waals surface area contributed by atoms with Crippen molar-refractivity contribution >= 4 is 11.9 Å². The fourth-order valence-electron chi connectivity index (χ4n) is 3.63. The molecule has 1 saturated carbocycles. The SMILES string of the molecule is CCCCOC(=O)C1(C)CCCCC1C(=O)OCC(CC)CCCC. The van der Waals surface area contributed by atoms with Crippen molar-refractivity contribution in [2.24, 2.45) is 17.3 Å². The van der Waals surface area contributed by atoms with Crippen molar-refractivity contribution in [2.75, 3.05) is 13.2 Å². The van der Waals surface area contributed by atoms with E-state index in [1.165, 1.54) is 6.42 Å². The summed E-state index contributed by atoms with van der Waals surface area (Å²) in [5, 5.41) is 0. The molecule has 4 heteroatoms. The van der Waals surface area contributed by atoms with Gasteiger partial charge in [0.2, 0.25) is 0 Å². The van der Waals surface area contributed by atoms with Crippen molar-refractivity contribution < 1.29 is 19.1 Å². The summed E-state index contributed by atoms with van der Waals surface area (Å²) in [6.07, 6.45) is 9.69. The number of ether oxygens (including phenoxy) is 2. The van der Waals surface area contributed by atoms with Crippen molar-refractivity contribution in [3.05, 3.63) is 0 Å². The number of hydrogen-bond acceptors (Lipinski definition) is 4. The summed E-state index contributed by atoms with van der Waals surface area (Å²) in [6, 6.07) is 0. The van der Waals surface area contributed by atoms with Crippen LogP contribution in [0.3, 0.4) is 0 Å². The van der Waals surface area contributed by atoms with Crippen LogP contribution in [0.25, 0.3) is 0 Å². The van der Waals surface area contributed by atoms with Gasteiger partial charge in [0.25, 0.3) is 0 Å². The molecule has 0 spiro atoms. The number of carbonyl (C=O) groups is 2. The quantitative estimate of drug-likeness (QED) is 0.374. The van der Waals surface area contributed by atoms with Crippen molar-refractivity contribution in [1.29, 1.82) is 0 Å². The van der Waals surface area contributed by atoms with E-state index < -0.39 is 5.41 Å². The third-order valence-electron chi connectivity index (χ3n) is 5.69. The van der Waals surface area contributed by atoms with E-state index in [0.717, 1.165) is 51.4 Å². The molecule has 0 saturated heterocycles. The molecule has 1 aliphatic rings. The Morgan fingerprint density at radius 1 is 1.08 bits per heavy atom. The van der Waals surface area contributed by atoms with Gasteiger partial charge in [0, 0.05) is 0 Å². The third-order valence-corrected chi connectivity index (χ3v) is 5.69. The van der Waals surface area contributed by atoms with Crippen LogP contribution < -0.4 is 0 Å². The van der Waals surface area contributed by atoms with Crippen molar-refractivity contribution in [1.82, 2.24) is 0 Å². The highest BCUT2D eigenvalue weighted by Gasteiger charge is 2.48. The van der Waals surface area contributed by atoms with Crippen LogP contribution in [-0.4, -0.2) is 25.2 Å². The molecule has 0 aromatic carbocycles. The Bertz CT molecular complexity index is 407. The van der Waals surface area contributed by atoms with Gasteiger partial charge in [0.1, 0.15) is 0 Å². The van der Waals surface area contributed by atoms with Crippen LogP contribution >= 0.6 is 0 Å². The molecule has 1 rings (SSSR count). The van der Waals surface area contributed by atoms with Gasteiger partial charge in [0.05, 0.1) is 24.5 Å². The molecule has 1 aliphatic carbocycles. The molecule has 3 unspecified atom stereocenters. The second kappa shape index (κ2) is 11.5. The maximum atomic E-state index is 12.7. The fraction of sp³-hybridized carbons (Fsp3) is 0.905. The predicted molar refractivity (Wildman–Crippen MR) is 100 cm³/mol. The summed E-state index contributed by atoms with van der Waals surface area (Å²) < 4.78 is 11.1. The van der Waals surface area contributed by atoms with Gasteiger partial charge in [-0.25, -0.2) is 0 Å². The van der Waals surface area contributed by atoms with E-state index in [1.54, 1.807) is 0 Å². The molecule has 0 aromatic heterocycles. The Labute approximate surface area is 154 Å². The first kappa shape index (κ1) is 22.0. The smallest absolute Gasteiger partial charge is 0.312 e. The number of rotatable bonds is 11. The molecule has 0 N–H and O–H groups in total. The first-order valence-corrected chi connectivity index (χ1v) is 10.3. The molecule has 25 heavy (non-hydrogen) atoms. The highest BCUT2D eigenvalue weighted by atomic mass is 16.5. The second-order valence-electron chi connectivity index (χ2n) is 7.75. The summed E-state index contributed by atoms with van der Waals surface area (Å²) in [7, 11) is 0. The Morgan fingerprint density at radius 3 is 2.44 bits per heavy atom. The summed E-state index contributed by atoms with van der Waals surface area (Å²) in [6.45, 7) is 9.20. The summed E-state index contributed by atoms with van der Waals surface area (Å²) >= 11 is 0. The number of esters is 2. The van der Waals surface area contributed by atoms with E-state index in [9.17, 15) is 9.59 Å². The minimum absolute atomic E-state index is 0.204. The van der Waals surface area contributed by atoms with Crippen LogP contribution in [0.15, 0.2) is 0 Å². The molecule has 1 fully saturated rings. The molecule has 0 heterocycles. The number of hydrogen-bond donors (Lipinski definition) is 0.